The highest BCUT2D eigenvalue weighted by Gasteiger charge is 2.57. The second-order valence-electron chi connectivity index (χ2n) is 9.26. The third-order valence-corrected chi connectivity index (χ3v) is 6.93. The number of ether oxygens (including phenoxy) is 6. The summed E-state index contributed by atoms with van der Waals surface area (Å²) in [6, 6.07) is 1.06. The maximum atomic E-state index is 12.5. The van der Waals surface area contributed by atoms with Gasteiger partial charge in [-0.05, 0) is 18.9 Å². The average Bonchev–Trinajstić information content (AvgIpc) is 3.54. The second kappa shape index (κ2) is 9.66. The number of aliphatic hydroxyl groups is 1. The van der Waals surface area contributed by atoms with Gasteiger partial charge in [-0.15, -0.1) is 0 Å². The zero-order valence-electron chi connectivity index (χ0n) is 19.7. The molecule has 0 radical (unpaired) electrons. The molecule has 1 spiro atoms. The summed E-state index contributed by atoms with van der Waals surface area (Å²) in [5.74, 6) is -3.78. The molecule has 0 bridgehead atoms. The fourth-order valence-corrected chi connectivity index (χ4v) is 5.26. The van der Waals surface area contributed by atoms with Crippen molar-refractivity contribution < 1.29 is 48.2 Å². The molecule has 1 aromatic heterocycles. The van der Waals surface area contributed by atoms with Gasteiger partial charge < -0.3 is 44.4 Å². The number of nitrogens with two attached hydrogens (primary N) is 1. The normalized spacial score (nSPS) is 35.1. The molecule has 15 heteroatoms. The van der Waals surface area contributed by atoms with Crippen LogP contribution in [0.3, 0.4) is 0 Å². The molecule has 2 saturated heterocycles. The van der Waals surface area contributed by atoms with E-state index in [2.05, 4.69) is 4.98 Å². The number of aromatic amines is 1. The fraction of sp³-hybridized carbons (Fsp3) is 0.636. The number of hydrogen-bond donors (Lipinski definition) is 4. The van der Waals surface area contributed by atoms with Crippen molar-refractivity contribution in [3.8, 4) is 0 Å². The summed E-state index contributed by atoms with van der Waals surface area (Å²) >= 11 is 0. The summed E-state index contributed by atoms with van der Waals surface area (Å²) in [6.07, 6.45) is -4.91. The number of carbonyl (C=O) groups is 2. The summed E-state index contributed by atoms with van der Waals surface area (Å²) in [5, 5.41) is 20.4. The Balaban J connectivity index is 1.42. The zero-order chi connectivity index (χ0) is 26.5. The van der Waals surface area contributed by atoms with Crippen LogP contribution in [0.2, 0.25) is 0 Å². The first-order chi connectivity index (χ1) is 17.6. The molecule has 4 heterocycles. The number of aliphatic hydroxyl groups excluding tert-OH is 1. The van der Waals surface area contributed by atoms with Crippen LogP contribution in [0.1, 0.15) is 31.9 Å². The highest BCUT2D eigenvalue weighted by molar-refractivity contribution is 5.84. The van der Waals surface area contributed by atoms with E-state index in [1.165, 1.54) is 13.2 Å². The molecular weight excluding hydrogens is 498 g/mol. The van der Waals surface area contributed by atoms with E-state index in [4.69, 9.17) is 34.2 Å². The lowest BCUT2D eigenvalue weighted by Crippen LogP contribution is -2.53. The predicted octanol–water partition coefficient (Wildman–Crippen LogP) is -1.94. The zero-order valence-corrected chi connectivity index (χ0v) is 19.7. The first kappa shape index (κ1) is 25.6. The van der Waals surface area contributed by atoms with Gasteiger partial charge in [-0.1, -0.05) is 0 Å². The molecule has 1 saturated carbocycles. The number of aromatic nitrogens is 2. The Morgan fingerprint density at radius 3 is 2.62 bits per heavy atom. The minimum Gasteiger partial charge on any atom is -0.475 e. The van der Waals surface area contributed by atoms with E-state index in [1.807, 2.05) is 0 Å². The fourth-order valence-electron chi connectivity index (χ4n) is 5.26. The first-order valence-electron chi connectivity index (χ1n) is 11.7. The number of fused-ring (bicyclic) bond motifs is 1. The van der Waals surface area contributed by atoms with Crippen LogP contribution in [-0.2, 0) is 38.0 Å². The molecule has 37 heavy (non-hydrogen) atoms. The van der Waals surface area contributed by atoms with Crippen LogP contribution in [0.15, 0.2) is 33.7 Å². The van der Waals surface area contributed by atoms with Crippen LogP contribution in [-0.4, -0.2) is 87.5 Å². The lowest BCUT2D eigenvalue weighted by molar-refractivity contribution is -0.245. The van der Waals surface area contributed by atoms with Gasteiger partial charge in [-0.2, -0.15) is 0 Å². The Morgan fingerprint density at radius 1 is 1.27 bits per heavy atom. The predicted molar refractivity (Wildman–Crippen MR) is 118 cm³/mol. The summed E-state index contributed by atoms with van der Waals surface area (Å²) in [7, 11) is 1.25. The minimum atomic E-state index is -1.63. The molecule has 15 nitrogen and oxygen atoms in total. The molecule has 1 aliphatic carbocycles. The summed E-state index contributed by atoms with van der Waals surface area (Å²) in [5.41, 5.74) is 4.10. The van der Waals surface area contributed by atoms with Gasteiger partial charge in [0.2, 0.25) is 18.0 Å². The van der Waals surface area contributed by atoms with Gasteiger partial charge in [0.25, 0.3) is 5.56 Å². The van der Waals surface area contributed by atoms with Gasteiger partial charge >= 0.3 is 11.7 Å². The van der Waals surface area contributed by atoms with Crippen molar-refractivity contribution >= 4 is 11.9 Å². The maximum absolute atomic E-state index is 12.5. The van der Waals surface area contributed by atoms with Crippen molar-refractivity contribution in [3.05, 3.63) is 44.9 Å². The third-order valence-electron chi connectivity index (χ3n) is 6.93. The molecule has 4 aliphatic rings. The van der Waals surface area contributed by atoms with Crippen molar-refractivity contribution in [2.45, 2.75) is 80.6 Å². The lowest BCUT2D eigenvalue weighted by Gasteiger charge is -2.34. The van der Waals surface area contributed by atoms with Crippen LogP contribution < -0.4 is 17.0 Å². The minimum absolute atomic E-state index is 0.457. The lowest BCUT2D eigenvalue weighted by atomic mass is 10.0. The molecule has 5 rings (SSSR count). The Labute approximate surface area is 208 Å². The molecule has 0 unspecified atom stereocenters. The highest BCUT2D eigenvalue weighted by Crippen LogP contribution is 2.45. The van der Waals surface area contributed by atoms with E-state index in [-0.39, 0.29) is 0 Å². The number of carbonyl (C=O) groups excluding carboxylic acids is 1. The molecule has 1 amide bonds. The van der Waals surface area contributed by atoms with Crippen molar-refractivity contribution in [2.75, 3.05) is 7.11 Å². The van der Waals surface area contributed by atoms with Gasteiger partial charge in [-0.25, -0.2) is 9.59 Å². The second-order valence-corrected chi connectivity index (χ2v) is 9.26. The maximum Gasteiger partial charge on any atom is 0.371 e. The van der Waals surface area contributed by atoms with Crippen molar-refractivity contribution in [1.29, 1.82) is 0 Å². The van der Waals surface area contributed by atoms with Crippen LogP contribution in [0.4, 0.5) is 0 Å². The van der Waals surface area contributed by atoms with Crippen molar-refractivity contribution in [1.82, 2.24) is 9.55 Å². The summed E-state index contributed by atoms with van der Waals surface area (Å²) in [4.78, 5) is 50.0. The van der Waals surface area contributed by atoms with E-state index in [0.717, 1.165) is 29.7 Å². The number of aliphatic carboxylic acids is 1. The summed E-state index contributed by atoms with van der Waals surface area (Å²) in [6.45, 7) is 0. The average molecular weight is 525 g/mol. The van der Waals surface area contributed by atoms with Gasteiger partial charge in [-0.3, -0.25) is 19.1 Å². The standard InChI is InChI=1S/C22H27N3O12/c1-32-14-12(27)18(25-7-4-11(26)24-21(25)31)34-15(14)16(17(23)28)35-20-13-9(8-10(33-20)19(29)30)36-22(37-13)5-2-3-6-22/h4,7-9,12-16,18,20,27H,2-3,5-6H2,1H3,(H2,23,28)(H,29,30)(H,24,26,31)/t9-,12+,13-,14-,15-,16+,18+,20+/m0/s1. The number of hydrogen-bond acceptors (Lipinski definition) is 11. The number of methoxy groups -OCH3 is 1. The van der Waals surface area contributed by atoms with Crippen LogP contribution in [0.25, 0.3) is 0 Å². The SMILES string of the molecule is CO[C@H]1[C@@H](O)[C@H](n2ccc(=O)[nH]c2=O)O[C@@H]1[C@@H](O[C@H]1OC(C(=O)O)=C[C@@H]2OC3(CCCC3)O[C@H]12)C(N)=O. The molecule has 202 valence electrons. The van der Waals surface area contributed by atoms with Gasteiger partial charge in [0.1, 0.15) is 24.4 Å². The van der Waals surface area contributed by atoms with Gasteiger partial charge in [0, 0.05) is 32.2 Å². The van der Waals surface area contributed by atoms with E-state index in [9.17, 15) is 29.4 Å². The van der Waals surface area contributed by atoms with E-state index >= 15 is 0 Å². The van der Waals surface area contributed by atoms with Gasteiger partial charge in [0.15, 0.2) is 24.2 Å². The molecule has 0 aromatic carbocycles. The Bertz CT molecular complexity index is 1200. The number of rotatable bonds is 7. The van der Waals surface area contributed by atoms with Gasteiger partial charge in [0.05, 0.1) is 0 Å². The number of primary amides is 1. The number of nitrogens with zero attached hydrogens (tertiary/aromatic N) is 1. The number of carboxylic acids is 1. The molecule has 3 aliphatic heterocycles. The third kappa shape index (κ3) is 4.58. The Hall–Kier alpha value is -3.08. The monoisotopic (exact) mass is 525 g/mol. The molecule has 3 fully saturated rings. The number of H-pyrrole nitrogens is 1. The molecule has 1 aromatic rings. The first-order valence-corrected chi connectivity index (χ1v) is 11.7. The summed E-state index contributed by atoms with van der Waals surface area (Å²) < 4.78 is 35.6. The topological polar surface area (TPSA) is 211 Å². The smallest absolute Gasteiger partial charge is 0.371 e. The number of carboxylic acid groups (broad SMARTS) is 1. The van der Waals surface area contributed by atoms with E-state index in [1.54, 1.807) is 0 Å². The van der Waals surface area contributed by atoms with Crippen molar-refractivity contribution in [2.24, 2.45) is 5.73 Å². The van der Waals surface area contributed by atoms with E-state index < -0.39 is 83.8 Å². The Morgan fingerprint density at radius 2 is 2.00 bits per heavy atom. The van der Waals surface area contributed by atoms with Crippen molar-refractivity contribution in [3.63, 3.8) is 0 Å². The largest absolute Gasteiger partial charge is 0.475 e. The quantitative estimate of drug-likeness (QED) is 0.306. The molecular formula is C22H27N3O12. The van der Waals surface area contributed by atoms with Crippen LogP contribution in [0.5, 0.6) is 0 Å². The number of nitrogens with one attached hydrogen (secondary N) is 1. The number of amides is 1. The molecule has 8 atom stereocenters. The van der Waals surface area contributed by atoms with Crippen LogP contribution in [0, 0.1) is 0 Å². The van der Waals surface area contributed by atoms with Crippen LogP contribution >= 0.6 is 0 Å². The highest BCUT2D eigenvalue weighted by atomic mass is 16.8. The van der Waals surface area contributed by atoms with E-state index in [0.29, 0.717) is 12.8 Å². The molecule has 5 N–H and O–H groups in total. The Kier molecular flexibility index (Phi) is 6.68.